The molecule has 0 aliphatic heterocycles. The first-order chi connectivity index (χ1) is 8.45. The Morgan fingerprint density at radius 3 is 2.17 bits per heavy atom. The van der Waals surface area contributed by atoms with Crippen molar-refractivity contribution in [2.24, 2.45) is 11.7 Å². The minimum atomic E-state index is -0.538. The molecule has 1 aromatic carbocycles. The van der Waals surface area contributed by atoms with E-state index in [0.717, 1.165) is 0 Å². The van der Waals surface area contributed by atoms with Crippen molar-refractivity contribution in [3.8, 4) is 0 Å². The molecule has 0 spiro atoms. The Labute approximate surface area is 107 Å². The van der Waals surface area contributed by atoms with Crippen LogP contribution in [0.5, 0.6) is 0 Å². The lowest BCUT2D eigenvalue weighted by molar-refractivity contribution is -0.118. The second kappa shape index (κ2) is 6.16. The first-order valence-corrected chi connectivity index (χ1v) is 5.84. The zero-order valence-electron chi connectivity index (χ0n) is 10.9. The number of carbonyl (C=O) groups excluding carboxylic acids is 2. The van der Waals surface area contributed by atoms with Gasteiger partial charge in [0.15, 0.2) is 0 Å². The van der Waals surface area contributed by atoms with Gasteiger partial charge < -0.3 is 16.4 Å². The number of hydrogen-bond donors (Lipinski definition) is 3. The molecule has 0 radical (unpaired) electrons. The van der Waals surface area contributed by atoms with Gasteiger partial charge in [-0.2, -0.15) is 0 Å². The van der Waals surface area contributed by atoms with Crippen LogP contribution in [-0.4, -0.2) is 24.9 Å². The quantitative estimate of drug-likeness (QED) is 0.743. The fourth-order valence-corrected chi connectivity index (χ4v) is 1.38. The Hall–Kier alpha value is -1.88. The number of hydrogen-bond acceptors (Lipinski definition) is 3. The molecule has 1 rings (SSSR count). The molecule has 0 aliphatic carbocycles. The van der Waals surface area contributed by atoms with Crippen LogP contribution in [0.4, 0.5) is 5.69 Å². The van der Waals surface area contributed by atoms with Gasteiger partial charge >= 0.3 is 0 Å². The van der Waals surface area contributed by atoms with Gasteiger partial charge in [0.2, 0.25) is 5.91 Å². The molecule has 1 aromatic rings. The Morgan fingerprint density at radius 2 is 1.72 bits per heavy atom. The van der Waals surface area contributed by atoms with E-state index < -0.39 is 6.04 Å². The van der Waals surface area contributed by atoms with E-state index in [1.165, 1.54) is 0 Å². The number of amides is 2. The van der Waals surface area contributed by atoms with Crippen LogP contribution in [0.3, 0.4) is 0 Å². The van der Waals surface area contributed by atoms with Crippen LogP contribution in [0.1, 0.15) is 24.2 Å². The largest absolute Gasteiger partial charge is 0.355 e. The molecule has 18 heavy (non-hydrogen) atoms. The van der Waals surface area contributed by atoms with Gasteiger partial charge in [-0.05, 0) is 30.2 Å². The summed E-state index contributed by atoms with van der Waals surface area (Å²) in [6.07, 6.45) is 0. The Kier molecular flexibility index (Phi) is 4.85. The van der Waals surface area contributed by atoms with Crippen LogP contribution in [0.2, 0.25) is 0 Å². The van der Waals surface area contributed by atoms with Crippen LogP contribution in [-0.2, 0) is 4.79 Å². The predicted molar refractivity (Wildman–Crippen MR) is 71.3 cm³/mol. The van der Waals surface area contributed by atoms with Crippen molar-refractivity contribution in [3.63, 3.8) is 0 Å². The highest BCUT2D eigenvalue weighted by Crippen LogP contribution is 2.11. The molecule has 98 valence electrons. The average molecular weight is 249 g/mol. The van der Waals surface area contributed by atoms with Gasteiger partial charge in [0.1, 0.15) is 0 Å². The number of nitrogens with one attached hydrogen (secondary N) is 2. The Morgan fingerprint density at radius 1 is 1.17 bits per heavy atom. The van der Waals surface area contributed by atoms with Crippen LogP contribution in [0.25, 0.3) is 0 Å². The summed E-state index contributed by atoms with van der Waals surface area (Å²) in [5, 5.41) is 5.24. The molecule has 2 amide bonds. The van der Waals surface area contributed by atoms with Crippen molar-refractivity contribution in [1.29, 1.82) is 0 Å². The van der Waals surface area contributed by atoms with Crippen molar-refractivity contribution in [2.75, 3.05) is 12.4 Å². The van der Waals surface area contributed by atoms with Gasteiger partial charge in [-0.1, -0.05) is 13.8 Å². The van der Waals surface area contributed by atoms with E-state index in [1.807, 2.05) is 13.8 Å². The molecular formula is C13H19N3O2. The fourth-order valence-electron chi connectivity index (χ4n) is 1.38. The van der Waals surface area contributed by atoms with E-state index in [4.69, 9.17) is 5.73 Å². The van der Waals surface area contributed by atoms with Crippen LogP contribution >= 0.6 is 0 Å². The number of nitrogens with two attached hydrogens (primary N) is 1. The summed E-state index contributed by atoms with van der Waals surface area (Å²) in [7, 11) is 1.57. The Balaban J connectivity index is 2.69. The van der Waals surface area contributed by atoms with Crippen molar-refractivity contribution < 1.29 is 9.59 Å². The highest BCUT2D eigenvalue weighted by atomic mass is 16.2. The van der Waals surface area contributed by atoms with Gasteiger partial charge in [-0.3, -0.25) is 9.59 Å². The lowest BCUT2D eigenvalue weighted by atomic mass is 10.0. The smallest absolute Gasteiger partial charge is 0.251 e. The third kappa shape index (κ3) is 3.56. The van der Waals surface area contributed by atoms with Crippen LogP contribution in [0.15, 0.2) is 24.3 Å². The highest BCUT2D eigenvalue weighted by molar-refractivity contribution is 5.97. The van der Waals surface area contributed by atoms with Crippen LogP contribution < -0.4 is 16.4 Å². The second-order valence-electron chi connectivity index (χ2n) is 4.42. The van der Waals surface area contributed by atoms with Crippen LogP contribution in [0, 0.1) is 5.92 Å². The summed E-state index contributed by atoms with van der Waals surface area (Å²) in [6.45, 7) is 3.78. The standard InChI is InChI=1S/C13H19N3O2/c1-8(2)11(14)13(18)16-10-6-4-9(5-7-10)12(17)15-3/h4-8,11H,14H2,1-3H3,(H,15,17)(H,16,18)/t11-/m0/s1. The molecule has 0 heterocycles. The topological polar surface area (TPSA) is 84.2 Å². The second-order valence-corrected chi connectivity index (χ2v) is 4.42. The predicted octanol–water partition coefficient (Wildman–Crippen LogP) is 0.968. The van der Waals surface area contributed by atoms with Gasteiger partial charge in [0.05, 0.1) is 6.04 Å². The SMILES string of the molecule is CNC(=O)c1ccc(NC(=O)[C@@H](N)C(C)C)cc1. The molecule has 0 saturated carbocycles. The zero-order valence-corrected chi connectivity index (χ0v) is 10.9. The first-order valence-electron chi connectivity index (χ1n) is 5.84. The van der Waals surface area contributed by atoms with E-state index in [0.29, 0.717) is 11.3 Å². The summed E-state index contributed by atoms with van der Waals surface area (Å²) in [5.74, 6) is -0.306. The van der Waals surface area contributed by atoms with E-state index in [9.17, 15) is 9.59 Å². The molecule has 4 N–H and O–H groups in total. The summed E-state index contributed by atoms with van der Waals surface area (Å²) in [4.78, 5) is 23.0. The molecule has 0 aliphatic rings. The zero-order chi connectivity index (χ0) is 13.7. The summed E-state index contributed by atoms with van der Waals surface area (Å²) < 4.78 is 0. The Bertz CT molecular complexity index is 426. The maximum absolute atomic E-state index is 11.7. The number of benzene rings is 1. The molecule has 5 nitrogen and oxygen atoms in total. The molecule has 5 heteroatoms. The van der Waals surface area contributed by atoms with Crippen molar-refractivity contribution in [2.45, 2.75) is 19.9 Å². The van der Waals surface area contributed by atoms with E-state index in [-0.39, 0.29) is 17.7 Å². The third-order valence-electron chi connectivity index (χ3n) is 2.66. The molecule has 1 atom stereocenters. The monoisotopic (exact) mass is 249 g/mol. The molecule has 0 bridgehead atoms. The lowest BCUT2D eigenvalue weighted by Crippen LogP contribution is -2.39. The van der Waals surface area contributed by atoms with E-state index in [1.54, 1.807) is 31.3 Å². The number of carbonyl (C=O) groups is 2. The van der Waals surface area contributed by atoms with E-state index >= 15 is 0 Å². The van der Waals surface area contributed by atoms with Gasteiger partial charge in [-0.15, -0.1) is 0 Å². The van der Waals surface area contributed by atoms with Gasteiger partial charge in [-0.25, -0.2) is 0 Å². The summed E-state index contributed by atoms with van der Waals surface area (Å²) in [5.41, 5.74) is 6.90. The van der Waals surface area contributed by atoms with Gasteiger partial charge in [0, 0.05) is 18.3 Å². The number of rotatable bonds is 4. The molecule has 0 unspecified atom stereocenters. The highest BCUT2D eigenvalue weighted by Gasteiger charge is 2.17. The summed E-state index contributed by atoms with van der Waals surface area (Å²) in [6, 6.07) is 6.11. The maximum atomic E-state index is 11.7. The minimum Gasteiger partial charge on any atom is -0.355 e. The average Bonchev–Trinajstić information content (AvgIpc) is 2.37. The lowest BCUT2D eigenvalue weighted by Gasteiger charge is -2.15. The number of anilines is 1. The molecule has 0 saturated heterocycles. The molecular weight excluding hydrogens is 230 g/mol. The minimum absolute atomic E-state index is 0.0788. The third-order valence-corrected chi connectivity index (χ3v) is 2.66. The fraction of sp³-hybridized carbons (Fsp3) is 0.385. The maximum Gasteiger partial charge on any atom is 0.251 e. The summed E-state index contributed by atoms with van der Waals surface area (Å²) >= 11 is 0. The van der Waals surface area contributed by atoms with Crippen molar-refractivity contribution in [1.82, 2.24) is 5.32 Å². The normalized spacial score (nSPS) is 12.1. The first kappa shape index (κ1) is 14.2. The van der Waals surface area contributed by atoms with E-state index in [2.05, 4.69) is 10.6 Å². The van der Waals surface area contributed by atoms with Crippen molar-refractivity contribution in [3.05, 3.63) is 29.8 Å². The molecule has 0 aromatic heterocycles. The molecule has 0 fully saturated rings. The van der Waals surface area contributed by atoms with Gasteiger partial charge in [0.25, 0.3) is 5.91 Å². The van der Waals surface area contributed by atoms with Crippen molar-refractivity contribution >= 4 is 17.5 Å².